The quantitative estimate of drug-likeness (QED) is 0.899. The predicted molar refractivity (Wildman–Crippen MR) is 83.0 cm³/mol. The van der Waals surface area contributed by atoms with Crippen molar-refractivity contribution in [3.8, 4) is 22.8 Å². The van der Waals surface area contributed by atoms with Crippen molar-refractivity contribution in [2.75, 3.05) is 25.1 Å². The van der Waals surface area contributed by atoms with Crippen LogP contribution in [0.2, 0.25) is 0 Å². The van der Waals surface area contributed by atoms with Crippen LogP contribution in [-0.2, 0) is 4.79 Å². The molecular formula is C16H17N3O3. The fraction of sp³-hybridized carbons (Fsp3) is 0.250. The summed E-state index contributed by atoms with van der Waals surface area (Å²) in [4.78, 5) is 16.0. The SMILES string of the molecule is NCCC(=O)Nc1cccc(-c2ccc3c(c2)OCCO3)n1. The maximum atomic E-state index is 11.6. The number of fused-ring (bicyclic) bond motifs is 1. The Balaban J connectivity index is 1.84. The number of benzene rings is 1. The van der Waals surface area contributed by atoms with Gasteiger partial charge in [0.25, 0.3) is 0 Å². The first-order chi connectivity index (χ1) is 10.8. The molecule has 22 heavy (non-hydrogen) atoms. The Bertz CT molecular complexity index is 688. The first-order valence-corrected chi connectivity index (χ1v) is 7.13. The molecule has 0 atom stereocenters. The van der Waals surface area contributed by atoms with Crippen LogP contribution in [0.4, 0.5) is 5.82 Å². The van der Waals surface area contributed by atoms with Crippen LogP contribution in [0.1, 0.15) is 6.42 Å². The molecular weight excluding hydrogens is 282 g/mol. The van der Waals surface area contributed by atoms with Crippen LogP contribution < -0.4 is 20.5 Å². The van der Waals surface area contributed by atoms with Crippen LogP contribution in [0.3, 0.4) is 0 Å². The van der Waals surface area contributed by atoms with Crippen LogP contribution in [0.5, 0.6) is 11.5 Å². The van der Waals surface area contributed by atoms with Crippen molar-refractivity contribution >= 4 is 11.7 Å². The molecule has 1 aromatic carbocycles. The number of carbonyl (C=O) groups excluding carboxylic acids is 1. The van der Waals surface area contributed by atoms with Crippen molar-refractivity contribution in [3.05, 3.63) is 36.4 Å². The maximum absolute atomic E-state index is 11.6. The lowest BCUT2D eigenvalue weighted by atomic mass is 10.1. The molecule has 0 unspecified atom stereocenters. The normalized spacial score (nSPS) is 12.8. The molecule has 0 saturated heterocycles. The molecule has 0 saturated carbocycles. The van der Waals surface area contributed by atoms with Crippen molar-refractivity contribution in [1.82, 2.24) is 4.98 Å². The maximum Gasteiger partial charge on any atom is 0.226 e. The fourth-order valence-corrected chi connectivity index (χ4v) is 2.20. The Morgan fingerprint density at radius 1 is 1.18 bits per heavy atom. The molecule has 6 nitrogen and oxygen atoms in total. The van der Waals surface area contributed by atoms with E-state index in [0.717, 1.165) is 17.0 Å². The van der Waals surface area contributed by atoms with Gasteiger partial charge < -0.3 is 20.5 Å². The lowest BCUT2D eigenvalue weighted by Crippen LogP contribution is -2.17. The minimum atomic E-state index is -0.144. The molecule has 114 valence electrons. The summed E-state index contributed by atoms with van der Waals surface area (Å²) in [6.45, 7) is 1.42. The highest BCUT2D eigenvalue weighted by molar-refractivity contribution is 5.90. The number of nitrogens with two attached hydrogens (primary N) is 1. The third-order valence-electron chi connectivity index (χ3n) is 3.23. The number of amides is 1. The molecule has 1 aromatic heterocycles. The topological polar surface area (TPSA) is 86.5 Å². The Labute approximate surface area is 128 Å². The van der Waals surface area contributed by atoms with E-state index < -0.39 is 0 Å². The average molecular weight is 299 g/mol. The van der Waals surface area contributed by atoms with Gasteiger partial charge in [-0.15, -0.1) is 0 Å². The minimum absolute atomic E-state index is 0.144. The molecule has 1 amide bonds. The summed E-state index contributed by atoms with van der Waals surface area (Å²) >= 11 is 0. The number of aromatic nitrogens is 1. The van der Waals surface area contributed by atoms with Crippen molar-refractivity contribution in [2.45, 2.75) is 6.42 Å². The highest BCUT2D eigenvalue weighted by Crippen LogP contribution is 2.34. The van der Waals surface area contributed by atoms with E-state index in [0.29, 0.717) is 31.3 Å². The third-order valence-corrected chi connectivity index (χ3v) is 3.23. The minimum Gasteiger partial charge on any atom is -0.486 e. The number of hydrogen-bond acceptors (Lipinski definition) is 5. The lowest BCUT2D eigenvalue weighted by molar-refractivity contribution is -0.116. The van der Waals surface area contributed by atoms with E-state index in [-0.39, 0.29) is 12.3 Å². The van der Waals surface area contributed by atoms with Crippen molar-refractivity contribution in [3.63, 3.8) is 0 Å². The van der Waals surface area contributed by atoms with E-state index in [9.17, 15) is 4.79 Å². The van der Waals surface area contributed by atoms with Gasteiger partial charge in [-0.2, -0.15) is 0 Å². The highest BCUT2D eigenvalue weighted by atomic mass is 16.6. The standard InChI is InChI=1S/C16H17N3O3/c17-7-6-16(20)19-15-3-1-2-12(18-15)11-4-5-13-14(10-11)22-9-8-21-13/h1-5,10H,6-9,17H2,(H,18,19,20). The zero-order valence-corrected chi connectivity index (χ0v) is 12.0. The van der Waals surface area contributed by atoms with E-state index in [1.165, 1.54) is 0 Å². The number of anilines is 1. The number of rotatable bonds is 4. The van der Waals surface area contributed by atoms with Gasteiger partial charge in [-0.05, 0) is 30.3 Å². The summed E-state index contributed by atoms with van der Waals surface area (Å²) in [5.41, 5.74) is 7.02. The molecule has 2 heterocycles. The number of carbonyl (C=O) groups is 1. The Kier molecular flexibility index (Phi) is 4.20. The predicted octanol–water partition coefficient (Wildman–Crippen LogP) is 1.81. The first kappa shape index (κ1) is 14.3. The number of pyridine rings is 1. The van der Waals surface area contributed by atoms with Crippen LogP contribution in [0, 0.1) is 0 Å². The van der Waals surface area contributed by atoms with Gasteiger partial charge in [-0.25, -0.2) is 4.98 Å². The second kappa shape index (κ2) is 6.44. The van der Waals surface area contributed by atoms with Gasteiger partial charge >= 0.3 is 0 Å². The molecule has 1 aliphatic rings. The molecule has 3 rings (SSSR count). The van der Waals surface area contributed by atoms with E-state index in [4.69, 9.17) is 15.2 Å². The summed E-state index contributed by atoms with van der Waals surface area (Å²) in [6.07, 6.45) is 0.274. The van der Waals surface area contributed by atoms with Crippen molar-refractivity contribution in [2.24, 2.45) is 5.73 Å². The number of hydrogen-bond donors (Lipinski definition) is 2. The summed E-state index contributed by atoms with van der Waals surface area (Å²) in [7, 11) is 0. The first-order valence-electron chi connectivity index (χ1n) is 7.13. The zero-order chi connectivity index (χ0) is 15.4. The molecule has 0 fully saturated rings. The molecule has 1 aliphatic heterocycles. The summed E-state index contributed by atoms with van der Waals surface area (Å²) in [6, 6.07) is 11.1. The van der Waals surface area contributed by atoms with Crippen LogP contribution in [-0.4, -0.2) is 30.6 Å². The van der Waals surface area contributed by atoms with Crippen molar-refractivity contribution in [1.29, 1.82) is 0 Å². The van der Waals surface area contributed by atoms with Gasteiger partial charge in [0.1, 0.15) is 19.0 Å². The summed E-state index contributed by atoms with van der Waals surface area (Å²) in [5.74, 6) is 1.81. The smallest absolute Gasteiger partial charge is 0.226 e. The Morgan fingerprint density at radius 2 is 2.00 bits per heavy atom. The van der Waals surface area contributed by atoms with E-state index in [1.54, 1.807) is 6.07 Å². The summed E-state index contributed by atoms with van der Waals surface area (Å²) < 4.78 is 11.1. The van der Waals surface area contributed by atoms with Gasteiger partial charge in [-0.1, -0.05) is 6.07 Å². The highest BCUT2D eigenvalue weighted by Gasteiger charge is 2.13. The van der Waals surface area contributed by atoms with E-state index in [1.807, 2.05) is 30.3 Å². The molecule has 0 radical (unpaired) electrons. The fourth-order valence-electron chi connectivity index (χ4n) is 2.20. The molecule has 0 spiro atoms. The average Bonchev–Trinajstić information content (AvgIpc) is 2.55. The monoisotopic (exact) mass is 299 g/mol. The lowest BCUT2D eigenvalue weighted by Gasteiger charge is -2.18. The molecule has 2 aromatic rings. The second-order valence-corrected chi connectivity index (χ2v) is 4.85. The second-order valence-electron chi connectivity index (χ2n) is 4.85. The number of ether oxygens (including phenoxy) is 2. The van der Waals surface area contributed by atoms with Crippen molar-refractivity contribution < 1.29 is 14.3 Å². The van der Waals surface area contributed by atoms with E-state index in [2.05, 4.69) is 10.3 Å². The van der Waals surface area contributed by atoms with Crippen LogP contribution in [0.25, 0.3) is 11.3 Å². The zero-order valence-electron chi connectivity index (χ0n) is 12.0. The van der Waals surface area contributed by atoms with E-state index >= 15 is 0 Å². The largest absolute Gasteiger partial charge is 0.486 e. The van der Waals surface area contributed by atoms with Crippen LogP contribution in [0.15, 0.2) is 36.4 Å². The van der Waals surface area contributed by atoms with Gasteiger partial charge in [0.05, 0.1) is 5.69 Å². The third kappa shape index (κ3) is 3.17. The number of nitrogens with zero attached hydrogens (tertiary/aromatic N) is 1. The van der Waals surface area contributed by atoms with Gasteiger partial charge in [0.2, 0.25) is 5.91 Å². The number of nitrogens with one attached hydrogen (secondary N) is 1. The molecule has 0 aliphatic carbocycles. The molecule has 3 N–H and O–H groups in total. The molecule has 6 heteroatoms. The Hall–Kier alpha value is -2.60. The van der Waals surface area contributed by atoms with Gasteiger partial charge in [0.15, 0.2) is 11.5 Å². The molecule has 0 bridgehead atoms. The van der Waals surface area contributed by atoms with Gasteiger partial charge in [-0.3, -0.25) is 4.79 Å². The van der Waals surface area contributed by atoms with Crippen LogP contribution >= 0.6 is 0 Å². The Morgan fingerprint density at radius 3 is 2.82 bits per heavy atom. The summed E-state index contributed by atoms with van der Waals surface area (Å²) in [5, 5.41) is 2.73. The van der Waals surface area contributed by atoms with Gasteiger partial charge in [0, 0.05) is 18.5 Å².